The summed E-state index contributed by atoms with van der Waals surface area (Å²) in [7, 11) is -4.53. The molecule has 0 aliphatic rings. The third-order valence-electron chi connectivity index (χ3n) is 3.03. The molecule has 6 nitrogen and oxygen atoms in total. The van der Waals surface area contributed by atoms with Gasteiger partial charge in [-0.05, 0) is 25.5 Å². The fraction of sp³-hybridized carbons (Fsp3) is 0.385. The summed E-state index contributed by atoms with van der Waals surface area (Å²) in [5.41, 5.74) is 1.02. The van der Waals surface area contributed by atoms with Gasteiger partial charge in [0.2, 0.25) is 5.16 Å². The van der Waals surface area contributed by atoms with E-state index in [1.165, 1.54) is 12.6 Å². The Labute approximate surface area is 126 Å². The second-order valence-electron chi connectivity index (χ2n) is 4.75. The summed E-state index contributed by atoms with van der Waals surface area (Å²) in [6, 6.07) is 6.81. The lowest BCUT2D eigenvalue weighted by Gasteiger charge is -2.06. The molecule has 0 unspecified atom stereocenters. The fourth-order valence-corrected chi connectivity index (χ4v) is 3.84. The van der Waals surface area contributed by atoms with Crippen LogP contribution in [0.25, 0.3) is 0 Å². The first-order chi connectivity index (χ1) is 9.90. The maximum absolute atomic E-state index is 12.2. The Kier molecular flexibility index (Phi) is 4.89. The van der Waals surface area contributed by atoms with Crippen molar-refractivity contribution in [1.29, 1.82) is 0 Å². The van der Waals surface area contributed by atoms with Crippen LogP contribution in [0.15, 0.2) is 40.6 Å². The summed E-state index contributed by atoms with van der Waals surface area (Å²) in [4.78, 5) is 0.330. The molecule has 0 amide bonds. The van der Waals surface area contributed by atoms with Crippen LogP contribution in [0.1, 0.15) is 12.0 Å². The van der Waals surface area contributed by atoms with Gasteiger partial charge in [-0.15, -0.1) is 10.2 Å². The maximum Gasteiger partial charge on any atom is 0.221 e. The monoisotopic (exact) mass is 327 g/mol. The Bertz CT molecular complexity index is 736. The molecule has 114 valence electrons. The Morgan fingerprint density at radius 2 is 1.90 bits per heavy atom. The zero-order valence-corrected chi connectivity index (χ0v) is 13.5. The lowest BCUT2D eigenvalue weighted by Crippen LogP contribution is -2.11. The first-order valence-electron chi connectivity index (χ1n) is 6.41. The van der Waals surface area contributed by atoms with Crippen molar-refractivity contribution in [2.45, 2.75) is 29.9 Å². The van der Waals surface area contributed by atoms with E-state index < -0.39 is 20.6 Å². The first-order valence-corrected chi connectivity index (χ1v) is 9.62. The average Bonchev–Trinajstić information content (AvgIpc) is 2.87. The number of benzene rings is 1. The van der Waals surface area contributed by atoms with Crippen LogP contribution in [0.2, 0.25) is 0 Å². The minimum atomic E-state index is -3.29. The molecule has 8 heteroatoms. The minimum absolute atomic E-state index is 0.0318. The van der Waals surface area contributed by atoms with E-state index in [2.05, 4.69) is 10.2 Å². The van der Waals surface area contributed by atoms with Gasteiger partial charge in [0.1, 0.15) is 6.33 Å². The number of aromatic nitrogens is 3. The normalized spacial score (nSPS) is 13.2. The molecule has 0 N–H and O–H groups in total. The van der Waals surface area contributed by atoms with Crippen molar-refractivity contribution in [3.8, 4) is 0 Å². The number of aryl methyl sites for hydroxylation is 2. The molecule has 2 aromatic rings. The van der Waals surface area contributed by atoms with E-state index in [9.17, 15) is 12.6 Å². The van der Waals surface area contributed by atoms with E-state index in [1.54, 1.807) is 28.8 Å². The van der Waals surface area contributed by atoms with Gasteiger partial charge in [0.25, 0.3) is 0 Å². The van der Waals surface area contributed by atoms with Crippen molar-refractivity contribution < 1.29 is 12.6 Å². The number of hydrogen-bond acceptors (Lipinski definition) is 5. The third-order valence-corrected chi connectivity index (χ3v) is 5.68. The summed E-state index contributed by atoms with van der Waals surface area (Å²) in [6.45, 7) is 2.34. The lowest BCUT2D eigenvalue weighted by molar-refractivity contribution is 0.575. The van der Waals surface area contributed by atoms with Crippen LogP contribution in [0.3, 0.4) is 0 Å². The fourth-order valence-electron chi connectivity index (χ4n) is 1.91. The van der Waals surface area contributed by atoms with Gasteiger partial charge in [-0.25, -0.2) is 8.42 Å². The Hall–Kier alpha value is -1.54. The van der Waals surface area contributed by atoms with Crippen LogP contribution in [-0.2, 0) is 27.2 Å². The van der Waals surface area contributed by atoms with Crippen molar-refractivity contribution in [3.05, 3.63) is 36.2 Å². The van der Waals surface area contributed by atoms with Crippen molar-refractivity contribution in [3.63, 3.8) is 0 Å². The molecule has 1 aromatic carbocycles. The van der Waals surface area contributed by atoms with Crippen molar-refractivity contribution in [2.24, 2.45) is 0 Å². The highest BCUT2D eigenvalue weighted by atomic mass is 32.2. The van der Waals surface area contributed by atoms with Crippen LogP contribution in [0.4, 0.5) is 0 Å². The first kappa shape index (κ1) is 15.8. The Morgan fingerprint density at radius 1 is 1.24 bits per heavy atom. The highest BCUT2D eigenvalue weighted by Crippen LogP contribution is 2.13. The molecule has 0 bridgehead atoms. The van der Waals surface area contributed by atoms with Crippen LogP contribution >= 0.6 is 0 Å². The van der Waals surface area contributed by atoms with Gasteiger partial charge in [0, 0.05) is 12.8 Å². The number of sulfone groups is 1. The van der Waals surface area contributed by atoms with Gasteiger partial charge < -0.3 is 4.57 Å². The summed E-state index contributed by atoms with van der Waals surface area (Å²) in [5.74, 6) is 0.0318. The molecule has 0 aliphatic carbocycles. The SMILES string of the molecule is Cc1ccc(S(=O)(=O)CCCn2cnnc2[S@@](C)=O)cc1. The van der Waals surface area contributed by atoms with Crippen LogP contribution in [-0.4, -0.2) is 39.4 Å². The van der Waals surface area contributed by atoms with Crippen LogP contribution < -0.4 is 0 Å². The summed E-state index contributed by atoms with van der Waals surface area (Å²) in [5, 5.41) is 7.82. The van der Waals surface area contributed by atoms with Gasteiger partial charge in [0.05, 0.1) is 21.4 Å². The topological polar surface area (TPSA) is 81.9 Å². The lowest BCUT2D eigenvalue weighted by atomic mass is 10.2. The predicted octanol–water partition coefficient (Wildman–Crippen LogP) is 1.19. The zero-order chi connectivity index (χ0) is 15.5. The van der Waals surface area contributed by atoms with Gasteiger partial charge in [0.15, 0.2) is 9.84 Å². The molecule has 1 heterocycles. The summed E-state index contributed by atoms with van der Waals surface area (Å²) in [6.07, 6.45) is 3.40. The van der Waals surface area contributed by atoms with E-state index >= 15 is 0 Å². The molecular formula is C13H17N3O3S2. The predicted molar refractivity (Wildman–Crippen MR) is 80.2 cm³/mol. The second-order valence-corrected chi connectivity index (χ2v) is 8.13. The number of rotatable bonds is 6. The largest absolute Gasteiger partial charge is 0.307 e. The summed E-state index contributed by atoms with van der Waals surface area (Å²) < 4.78 is 37.4. The second kappa shape index (κ2) is 6.48. The molecule has 1 aromatic heterocycles. The van der Waals surface area contributed by atoms with E-state index in [0.29, 0.717) is 23.0 Å². The molecule has 0 aliphatic heterocycles. The van der Waals surface area contributed by atoms with Gasteiger partial charge in [-0.3, -0.25) is 4.21 Å². The molecule has 0 saturated heterocycles. The Morgan fingerprint density at radius 3 is 2.52 bits per heavy atom. The standard InChI is InChI=1S/C13H17N3O3S2/c1-11-4-6-12(7-5-11)21(18,19)9-3-8-16-10-14-15-13(16)20(2)17/h4-7,10H,3,8-9H2,1-2H3/t20-/m1/s1. The average molecular weight is 327 g/mol. The van der Waals surface area contributed by atoms with E-state index in [-0.39, 0.29) is 5.75 Å². The number of nitrogens with zero attached hydrogens (tertiary/aromatic N) is 3. The highest BCUT2D eigenvalue weighted by molar-refractivity contribution is 7.91. The van der Waals surface area contributed by atoms with E-state index in [0.717, 1.165) is 5.56 Å². The van der Waals surface area contributed by atoms with Crippen molar-refractivity contribution in [2.75, 3.05) is 12.0 Å². The molecular weight excluding hydrogens is 310 g/mol. The highest BCUT2D eigenvalue weighted by Gasteiger charge is 2.15. The number of hydrogen-bond donors (Lipinski definition) is 0. The van der Waals surface area contributed by atoms with Gasteiger partial charge in [-0.1, -0.05) is 17.7 Å². The molecule has 21 heavy (non-hydrogen) atoms. The molecule has 1 atom stereocenters. The quantitative estimate of drug-likeness (QED) is 0.796. The van der Waals surface area contributed by atoms with Gasteiger partial charge >= 0.3 is 0 Å². The summed E-state index contributed by atoms with van der Waals surface area (Å²) >= 11 is 0. The van der Waals surface area contributed by atoms with Crippen molar-refractivity contribution in [1.82, 2.24) is 14.8 Å². The molecule has 0 spiro atoms. The van der Waals surface area contributed by atoms with Gasteiger partial charge in [-0.2, -0.15) is 0 Å². The smallest absolute Gasteiger partial charge is 0.221 e. The third kappa shape index (κ3) is 3.98. The van der Waals surface area contributed by atoms with Crippen LogP contribution in [0, 0.1) is 6.92 Å². The van der Waals surface area contributed by atoms with Crippen molar-refractivity contribution >= 4 is 20.6 Å². The minimum Gasteiger partial charge on any atom is -0.307 e. The molecule has 2 rings (SSSR count). The maximum atomic E-state index is 12.2. The van der Waals surface area contributed by atoms with E-state index in [1.807, 2.05) is 6.92 Å². The Balaban J connectivity index is 2.01. The zero-order valence-electron chi connectivity index (χ0n) is 11.9. The molecule has 0 saturated carbocycles. The van der Waals surface area contributed by atoms with E-state index in [4.69, 9.17) is 0 Å². The molecule has 0 fully saturated rings. The molecule has 0 radical (unpaired) electrons. The van der Waals surface area contributed by atoms with Crippen LogP contribution in [0.5, 0.6) is 0 Å².